The van der Waals surface area contributed by atoms with E-state index < -0.39 is 0 Å². The number of aryl methyl sites for hydroxylation is 2. The third kappa shape index (κ3) is 6.97. The zero-order valence-corrected chi connectivity index (χ0v) is 21.5. The summed E-state index contributed by atoms with van der Waals surface area (Å²) in [6.07, 6.45) is 1.81. The van der Waals surface area contributed by atoms with E-state index in [4.69, 9.17) is 32.7 Å². The second-order valence-corrected chi connectivity index (χ2v) is 9.16. The predicted molar refractivity (Wildman–Crippen MR) is 137 cm³/mol. The van der Waals surface area contributed by atoms with Crippen LogP contribution in [0.25, 0.3) is 0 Å². The zero-order chi connectivity index (χ0) is 24.0. The quantitative estimate of drug-likeness (QED) is 0.252. The molecule has 1 N–H and O–H groups in total. The number of methoxy groups -OCH3 is 1. The second kappa shape index (κ2) is 11.5. The number of nitrogens with zero attached hydrogens (tertiary/aromatic N) is 1. The number of nitrogens with one attached hydrogen (secondary N) is 1. The topological polar surface area (TPSA) is 59.9 Å². The molecule has 33 heavy (non-hydrogen) atoms. The van der Waals surface area contributed by atoms with Crippen molar-refractivity contribution in [3.05, 3.63) is 90.9 Å². The predicted octanol–water partition coefficient (Wildman–Crippen LogP) is 6.65. The van der Waals surface area contributed by atoms with Gasteiger partial charge in [-0.1, -0.05) is 53.0 Å². The van der Waals surface area contributed by atoms with E-state index in [0.717, 1.165) is 27.8 Å². The van der Waals surface area contributed by atoms with Crippen molar-refractivity contribution in [1.29, 1.82) is 0 Å². The van der Waals surface area contributed by atoms with Gasteiger partial charge in [0, 0.05) is 15.6 Å². The Balaban J connectivity index is 1.66. The van der Waals surface area contributed by atoms with Gasteiger partial charge in [-0.25, -0.2) is 5.43 Å². The molecule has 8 heteroatoms. The van der Waals surface area contributed by atoms with Crippen LogP contribution in [0.1, 0.15) is 27.8 Å². The number of hydrogen-bond donors (Lipinski definition) is 1. The molecular formula is C25H23BrCl2N2O3. The van der Waals surface area contributed by atoms with Crippen molar-refractivity contribution in [3.63, 3.8) is 0 Å². The Hall–Kier alpha value is -2.54. The highest BCUT2D eigenvalue weighted by molar-refractivity contribution is 9.10. The maximum absolute atomic E-state index is 12.3. The zero-order valence-electron chi connectivity index (χ0n) is 18.4. The Bertz CT molecular complexity index is 1200. The Kier molecular flexibility index (Phi) is 8.78. The van der Waals surface area contributed by atoms with Gasteiger partial charge in [-0.2, -0.15) is 5.10 Å². The number of hydrazone groups is 1. The van der Waals surface area contributed by atoms with Gasteiger partial charge in [-0.15, -0.1) is 0 Å². The highest BCUT2D eigenvalue weighted by atomic mass is 79.9. The molecule has 0 aliphatic rings. The lowest BCUT2D eigenvalue weighted by Gasteiger charge is -2.14. The summed E-state index contributed by atoms with van der Waals surface area (Å²) in [5, 5.41) is 5.17. The van der Waals surface area contributed by atoms with E-state index in [2.05, 4.69) is 26.5 Å². The number of ether oxygens (including phenoxy) is 2. The van der Waals surface area contributed by atoms with E-state index in [-0.39, 0.29) is 18.9 Å². The van der Waals surface area contributed by atoms with Gasteiger partial charge in [0.25, 0.3) is 0 Å². The van der Waals surface area contributed by atoms with E-state index in [0.29, 0.717) is 26.0 Å². The fourth-order valence-electron chi connectivity index (χ4n) is 3.13. The lowest BCUT2D eigenvalue weighted by Crippen LogP contribution is -2.20. The third-order valence-electron chi connectivity index (χ3n) is 4.90. The van der Waals surface area contributed by atoms with Gasteiger partial charge in [0.2, 0.25) is 5.91 Å². The van der Waals surface area contributed by atoms with Crippen LogP contribution in [0, 0.1) is 13.8 Å². The van der Waals surface area contributed by atoms with Gasteiger partial charge in [0.1, 0.15) is 6.61 Å². The van der Waals surface area contributed by atoms with E-state index in [9.17, 15) is 4.79 Å². The summed E-state index contributed by atoms with van der Waals surface area (Å²) < 4.78 is 12.1. The number of carbonyl (C=O) groups is 1. The molecule has 0 heterocycles. The summed E-state index contributed by atoms with van der Waals surface area (Å²) in [6.45, 7) is 4.23. The summed E-state index contributed by atoms with van der Waals surface area (Å²) in [5.74, 6) is 0.850. The molecular weight excluding hydrogens is 527 g/mol. The minimum Gasteiger partial charge on any atom is -0.493 e. The Morgan fingerprint density at radius 2 is 1.88 bits per heavy atom. The Morgan fingerprint density at radius 1 is 1.09 bits per heavy atom. The highest BCUT2D eigenvalue weighted by Crippen LogP contribution is 2.37. The van der Waals surface area contributed by atoms with E-state index >= 15 is 0 Å². The van der Waals surface area contributed by atoms with E-state index in [1.54, 1.807) is 31.5 Å². The van der Waals surface area contributed by atoms with Crippen LogP contribution in [0.5, 0.6) is 11.5 Å². The molecule has 0 spiro atoms. The molecule has 3 aromatic carbocycles. The first-order chi connectivity index (χ1) is 15.8. The van der Waals surface area contributed by atoms with Crippen molar-refractivity contribution in [3.8, 4) is 11.5 Å². The molecule has 3 rings (SSSR count). The Labute approximate surface area is 211 Å². The van der Waals surface area contributed by atoms with Gasteiger partial charge in [-0.05, 0) is 70.7 Å². The Morgan fingerprint density at radius 3 is 2.61 bits per heavy atom. The lowest BCUT2D eigenvalue weighted by molar-refractivity contribution is -0.120. The molecule has 0 fully saturated rings. The van der Waals surface area contributed by atoms with E-state index in [1.165, 1.54) is 0 Å². The molecule has 0 saturated heterocycles. The van der Waals surface area contributed by atoms with Gasteiger partial charge in [0.05, 0.1) is 24.2 Å². The molecule has 0 radical (unpaired) electrons. The van der Waals surface area contributed by atoms with Crippen LogP contribution in [0.15, 0.2) is 58.1 Å². The normalized spacial score (nSPS) is 11.0. The first-order valence-corrected chi connectivity index (χ1v) is 11.6. The smallest absolute Gasteiger partial charge is 0.244 e. The van der Waals surface area contributed by atoms with Crippen LogP contribution in [-0.4, -0.2) is 19.2 Å². The van der Waals surface area contributed by atoms with Crippen LogP contribution in [0.3, 0.4) is 0 Å². The van der Waals surface area contributed by atoms with Crippen molar-refractivity contribution in [2.75, 3.05) is 7.11 Å². The van der Waals surface area contributed by atoms with Crippen LogP contribution < -0.4 is 14.9 Å². The molecule has 0 saturated carbocycles. The summed E-state index contributed by atoms with van der Waals surface area (Å²) in [6, 6.07) is 14.9. The molecule has 0 aromatic heterocycles. The van der Waals surface area contributed by atoms with Crippen molar-refractivity contribution in [1.82, 2.24) is 5.43 Å². The molecule has 0 aliphatic heterocycles. The average molecular weight is 550 g/mol. The molecule has 172 valence electrons. The minimum atomic E-state index is -0.189. The number of halogens is 3. The average Bonchev–Trinajstić information content (AvgIpc) is 2.76. The van der Waals surface area contributed by atoms with Crippen LogP contribution in [-0.2, 0) is 17.8 Å². The fraction of sp³-hybridized carbons (Fsp3) is 0.200. The maximum atomic E-state index is 12.3. The number of amides is 1. The molecule has 0 bridgehead atoms. The second-order valence-electron chi connectivity index (χ2n) is 7.46. The van der Waals surface area contributed by atoms with Gasteiger partial charge in [-0.3, -0.25) is 4.79 Å². The standard InChI is InChI=1S/C25H23BrCl2N2O3/c1-15-4-5-16(2)19(8-15)11-24(31)30-29-13-17-9-21(26)25(23(10-17)32-3)33-14-18-6-7-20(27)12-22(18)28/h4-10,12-13H,11,14H2,1-3H3,(H,30,31)/b29-13+. The van der Waals surface area contributed by atoms with Crippen molar-refractivity contribution >= 4 is 51.3 Å². The molecule has 1 amide bonds. The molecule has 3 aromatic rings. The largest absolute Gasteiger partial charge is 0.493 e. The first kappa shape index (κ1) is 25.1. The number of carbonyl (C=O) groups excluding carboxylic acids is 1. The van der Waals surface area contributed by atoms with Crippen molar-refractivity contribution in [2.45, 2.75) is 26.9 Å². The first-order valence-electron chi connectivity index (χ1n) is 10.1. The number of hydrogen-bond acceptors (Lipinski definition) is 4. The SMILES string of the molecule is COc1cc(/C=N/NC(=O)Cc2cc(C)ccc2C)cc(Br)c1OCc1ccc(Cl)cc1Cl. The minimum absolute atomic E-state index is 0.189. The van der Waals surface area contributed by atoms with Crippen LogP contribution >= 0.6 is 39.1 Å². The molecule has 0 atom stereocenters. The third-order valence-corrected chi connectivity index (χ3v) is 6.07. The van der Waals surface area contributed by atoms with Crippen LogP contribution in [0.2, 0.25) is 10.0 Å². The molecule has 0 aliphatic carbocycles. The summed E-state index contributed by atoms with van der Waals surface area (Å²) in [7, 11) is 1.55. The maximum Gasteiger partial charge on any atom is 0.244 e. The monoisotopic (exact) mass is 548 g/mol. The van der Waals surface area contributed by atoms with Crippen molar-refractivity contribution in [2.24, 2.45) is 5.10 Å². The lowest BCUT2D eigenvalue weighted by atomic mass is 10.0. The fourth-order valence-corrected chi connectivity index (χ4v) is 4.16. The highest BCUT2D eigenvalue weighted by Gasteiger charge is 2.13. The summed E-state index contributed by atoms with van der Waals surface area (Å²) >= 11 is 15.7. The van der Waals surface area contributed by atoms with Crippen molar-refractivity contribution < 1.29 is 14.3 Å². The molecule has 5 nitrogen and oxygen atoms in total. The number of benzene rings is 3. The summed E-state index contributed by atoms with van der Waals surface area (Å²) in [5.41, 5.74) is 7.27. The number of rotatable bonds is 8. The molecule has 0 unspecified atom stereocenters. The van der Waals surface area contributed by atoms with E-state index in [1.807, 2.05) is 44.2 Å². The summed E-state index contributed by atoms with van der Waals surface area (Å²) in [4.78, 5) is 12.3. The van der Waals surface area contributed by atoms with Crippen LogP contribution in [0.4, 0.5) is 0 Å². The van der Waals surface area contributed by atoms with Gasteiger partial charge >= 0.3 is 0 Å². The van der Waals surface area contributed by atoms with Gasteiger partial charge < -0.3 is 9.47 Å². The van der Waals surface area contributed by atoms with Gasteiger partial charge in [0.15, 0.2) is 11.5 Å².